The molecular formula is C15H24N2. The molecule has 2 heteroatoms. The van der Waals surface area contributed by atoms with Crippen LogP contribution < -0.4 is 10.2 Å². The molecule has 0 bridgehead atoms. The molecule has 0 spiro atoms. The minimum Gasteiger partial charge on any atom is -0.372 e. The smallest absolute Gasteiger partial charge is 0.0366 e. The molecule has 1 atom stereocenters. The lowest BCUT2D eigenvalue weighted by Crippen LogP contribution is -2.30. The SMILES string of the molecule is CCN(CCC1CCCN1)c1ccc(C)cc1. The maximum absolute atomic E-state index is 3.57. The monoisotopic (exact) mass is 232 g/mol. The van der Waals surface area contributed by atoms with Gasteiger partial charge in [0.05, 0.1) is 0 Å². The molecule has 1 N–H and O–H groups in total. The molecule has 0 amide bonds. The first-order chi connectivity index (χ1) is 8.29. The molecule has 1 aromatic carbocycles. The van der Waals surface area contributed by atoms with Gasteiger partial charge in [-0.25, -0.2) is 0 Å². The molecule has 17 heavy (non-hydrogen) atoms. The highest BCUT2D eigenvalue weighted by Crippen LogP contribution is 2.17. The topological polar surface area (TPSA) is 15.3 Å². The predicted molar refractivity (Wildman–Crippen MR) is 74.7 cm³/mol. The van der Waals surface area contributed by atoms with E-state index >= 15 is 0 Å². The summed E-state index contributed by atoms with van der Waals surface area (Å²) < 4.78 is 0. The van der Waals surface area contributed by atoms with Crippen LogP contribution in [0.15, 0.2) is 24.3 Å². The summed E-state index contributed by atoms with van der Waals surface area (Å²) in [7, 11) is 0. The van der Waals surface area contributed by atoms with Crippen molar-refractivity contribution in [1.29, 1.82) is 0 Å². The van der Waals surface area contributed by atoms with E-state index in [9.17, 15) is 0 Å². The minimum atomic E-state index is 0.745. The van der Waals surface area contributed by atoms with Crippen molar-refractivity contribution < 1.29 is 0 Å². The number of rotatable bonds is 5. The molecule has 2 nitrogen and oxygen atoms in total. The second-order valence-electron chi connectivity index (χ2n) is 5.00. The number of hydrogen-bond donors (Lipinski definition) is 1. The van der Waals surface area contributed by atoms with Gasteiger partial charge in [-0.1, -0.05) is 17.7 Å². The van der Waals surface area contributed by atoms with Gasteiger partial charge in [0.15, 0.2) is 0 Å². The van der Waals surface area contributed by atoms with Crippen LogP contribution in [-0.4, -0.2) is 25.7 Å². The number of benzene rings is 1. The zero-order chi connectivity index (χ0) is 12.1. The third-order valence-corrected chi connectivity index (χ3v) is 3.69. The summed E-state index contributed by atoms with van der Waals surface area (Å²) in [5.41, 5.74) is 2.69. The highest BCUT2D eigenvalue weighted by atomic mass is 15.1. The fourth-order valence-electron chi connectivity index (χ4n) is 2.54. The lowest BCUT2D eigenvalue weighted by molar-refractivity contribution is 0.553. The second-order valence-corrected chi connectivity index (χ2v) is 5.00. The quantitative estimate of drug-likeness (QED) is 0.839. The zero-order valence-corrected chi connectivity index (χ0v) is 11.1. The Bertz CT molecular complexity index is 325. The van der Waals surface area contributed by atoms with E-state index in [-0.39, 0.29) is 0 Å². The van der Waals surface area contributed by atoms with Gasteiger partial charge in [-0.05, 0) is 51.8 Å². The van der Waals surface area contributed by atoms with Gasteiger partial charge in [0.1, 0.15) is 0 Å². The molecular weight excluding hydrogens is 208 g/mol. The summed E-state index contributed by atoms with van der Waals surface area (Å²) in [4.78, 5) is 2.47. The molecule has 1 unspecified atom stereocenters. The van der Waals surface area contributed by atoms with E-state index in [0.29, 0.717) is 0 Å². The van der Waals surface area contributed by atoms with Crippen LogP contribution in [0.4, 0.5) is 5.69 Å². The number of anilines is 1. The lowest BCUT2D eigenvalue weighted by atomic mass is 10.1. The molecule has 1 saturated heterocycles. The van der Waals surface area contributed by atoms with E-state index in [4.69, 9.17) is 0 Å². The first-order valence-electron chi connectivity index (χ1n) is 6.84. The fourth-order valence-corrected chi connectivity index (χ4v) is 2.54. The maximum atomic E-state index is 3.57. The van der Waals surface area contributed by atoms with Crippen molar-refractivity contribution in [2.24, 2.45) is 0 Å². The fraction of sp³-hybridized carbons (Fsp3) is 0.600. The Hall–Kier alpha value is -1.02. The van der Waals surface area contributed by atoms with Crippen molar-refractivity contribution in [1.82, 2.24) is 5.32 Å². The largest absolute Gasteiger partial charge is 0.372 e. The normalized spacial score (nSPS) is 19.5. The Morgan fingerprint density at radius 1 is 1.29 bits per heavy atom. The van der Waals surface area contributed by atoms with Crippen LogP contribution in [0.2, 0.25) is 0 Å². The van der Waals surface area contributed by atoms with Crippen LogP contribution in [0, 0.1) is 6.92 Å². The Labute approximate surface area is 105 Å². The summed E-state index contributed by atoms with van der Waals surface area (Å²) in [5.74, 6) is 0. The molecule has 94 valence electrons. The Kier molecular flexibility index (Phi) is 4.43. The average molecular weight is 232 g/mol. The number of hydrogen-bond acceptors (Lipinski definition) is 2. The molecule has 0 saturated carbocycles. The van der Waals surface area contributed by atoms with Crippen molar-refractivity contribution in [2.75, 3.05) is 24.5 Å². The van der Waals surface area contributed by atoms with E-state index in [1.807, 2.05) is 0 Å². The predicted octanol–water partition coefficient (Wildman–Crippen LogP) is 2.96. The van der Waals surface area contributed by atoms with Crippen LogP contribution in [0.3, 0.4) is 0 Å². The molecule has 0 aromatic heterocycles. The van der Waals surface area contributed by atoms with Gasteiger partial charge >= 0.3 is 0 Å². The van der Waals surface area contributed by atoms with E-state index in [1.165, 1.54) is 37.1 Å². The summed E-state index contributed by atoms with van der Waals surface area (Å²) in [6, 6.07) is 9.62. The van der Waals surface area contributed by atoms with Gasteiger partial charge in [-0.15, -0.1) is 0 Å². The maximum Gasteiger partial charge on any atom is 0.0366 e. The van der Waals surface area contributed by atoms with Crippen molar-refractivity contribution in [2.45, 2.75) is 39.2 Å². The van der Waals surface area contributed by atoms with Crippen molar-refractivity contribution in [3.63, 3.8) is 0 Å². The van der Waals surface area contributed by atoms with Gasteiger partial charge in [0.25, 0.3) is 0 Å². The van der Waals surface area contributed by atoms with Gasteiger partial charge in [0.2, 0.25) is 0 Å². The summed E-state index contributed by atoms with van der Waals surface area (Å²) in [6.07, 6.45) is 3.97. The van der Waals surface area contributed by atoms with Crippen LogP contribution >= 0.6 is 0 Å². The molecule has 1 fully saturated rings. The van der Waals surface area contributed by atoms with Crippen LogP contribution in [0.5, 0.6) is 0 Å². The Morgan fingerprint density at radius 3 is 2.65 bits per heavy atom. The average Bonchev–Trinajstić information content (AvgIpc) is 2.85. The van der Waals surface area contributed by atoms with Crippen LogP contribution in [-0.2, 0) is 0 Å². The van der Waals surface area contributed by atoms with Crippen LogP contribution in [0.1, 0.15) is 31.7 Å². The summed E-state index contributed by atoms with van der Waals surface area (Å²) >= 11 is 0. The standard InChI is InChI=1S/C15H24N2/c1-3-17(12-10-14-5-4-11-16-14)15-8-6-13(2)7-9-15/h6-9,14,16H,3-5,10-12H2,1-2H3. The van der Waals surface area contributed by atoms with Crippen molar-refractivity contribution in [3.8, 4) is 0 Å². The Morgan fingerprint density at radius 2 is 2.06 bits per heavy atom. The molecule has 1 aliphatic heterocycles. The van der Waals surface area contributed by atoms with E-state index in [2.05, 4.69) is 48.3 Å². The third-order valence-electron chi connectivity index (χ3n) is 3.69. The van der Waals surface area contributed by atoms with Gasteiger partial charge in [-0.3, -0.25) is 0 Å². The van der Waals surface area contributed by atoms with Crippen LogP contribution in [0.25, 0.3) is 0 Å². The van der Waals surface area contributed by atoms with E-state index in [0.717, 1.165) is 19.1 Å². The molecule has 1 aliphatic rings. The highest BCUT2D eigenvalue weighted by molar-refractivity contribution is 5.47. The number of aryl methyl sites for hydroxylation is 1. The van der Waals surface area contributed by atoms with E-state index < -0.39 is 0 Å². The van der Waals surface area contributed by atoms with Gasteiger partial charge in [-0.2, -0.15) is 0 Å². The summed E-state index contributed by atoms with van der Waals surface area (Å²) in [5, 5.41) is 3.57. The first-order valence-corrected chi connectivity index (χ1v) is 6.84. The first kappa shape index (κ1) is 12.4. The molecule has 0 radical (unpaired) electrons. The van der Waals surface area contributed by atoms with Gasteiger partial charge < -0.3 is 10.2 Å². The molecule has 2 rings (SSSR count). The van der Waals surface area contributed by atoms with Gasteiger partial charge in [0, 0.05) is 24.8 Å². The summed E-state index contributed by atoms with van der Waals surface area (Å²) in [6.45, 7) is 7.85. The third kappa shape index (κ3) is 3.47. The number of nitrogens with zero attached hydrogens (tertiary/aromatic N) is 1. The molecule has 1 aromatic rings. The zero-order valence-electron chi connectivity index (χ0n) is 11.1. The van der Waals surface area contributed by atoms with Crippen molar-refractivity contribution >= 4 is 5.69 Å². The Balaban J connectivity index is 1.89. The number of nitrogens with one attached hydrogen (secondary N) is 1. The van der Waals surface area contributed by atoms with Crippen molar-refractivity contribution in [3.05, 3.63) is 29.8 Å². The second kappa shape index (κ2) is 6.06. The highest BCUT2D eigenvalue weighted by Gasteiger charge is 2.15. The minimum absolute atomic E-state index is 0.745. The molecule has 1 heterocycles. The van der Waals surface area contributed by atoms with E-state index in [1.54, 1.807) is 0 Å². The lowest BCUT2D eigenvalue weighted by Gasteiger charge is -2.25. The molecule has 0 aliphatic carbocycles.